The number of carbonyl (C=O) groups excluding carboxylic acids is 1. The van der Waals surface area contributed by atoms with Crippen LogP contribution in [-0.2, 0) is 16.6 Å². The Morgan fingerprint density at radius 2 is 1.91 bits per heavy atom. The average molecular weight is 466 g/mol. The van der Waals surface area contributed by atoms with Crippen molar-refractivity contribution in [1.29, 1.82) is 0 Å². The molecular weight excluding hydrogens is 450 g/mol. The SMILES string of the molecule is O=C1Nc2ccc(S(=O)(=O)Nc3ccc(OCc4ccccn4)c(Cl)c3)c3cccc1c23. The predicted molar refractivity (Wildman–Crippen MR) is 123 cm³/mol. The van der Waals surface area contributed by atoms with Crippen molar-refractivity contribution in [2.75, 3.05) is 10.0 Å². The molecule has 0 saturated heterocycles. The number of nitrogens with one attached hydrogen (secondary N) is 2. The molecular formula is C23H16ClN3O4S. The van der Waals surface area contributed by atoms with Crippen molar-refractivity contribution in [1.82, 2.24) is 4.98 Å². The van der Waals surface area contributed by atoms with E-state index in [9.17, 15) is 13.2 Å². The minimum absolute atomic E-state index is 0.0706. The molecule has 0 saturated carbocycles. The molecule has 0 aliphatic carbocycles. The zero-order valence-corrected chi connectivity index (χ0v) is 18.1. The summed E-state index contributed by atoms with van der Waals surface area (Å²) >= 11 is 6.31. The Labute approximate surface area is 189 Å². The summed E-state index contributed by atoms with van der Waals surface area (Å²) in [6, 6.07) is 18.2. The lowest BCUT2D eigenvalue weighted by Crippen LogP contribution is -2.13. The Bertz CT molecular complexity index is 1470. The first kappa shape index (κ1) is 20.3. The van der Waals surface area contributed by atoms with Gasteiger partial charge in [0.05, 0.1) is 21.3 Å². The fraction of sp³-hybridized carbons (Fsp3) is 0.0435. The molecule has 0 atom stereocenters. The molecule has 0 fully saturated rings. The van der Waals surface area contributed by atoms with E-state index in [1.807, 2.05) is 18.2 Å². The number of hydrogen-bond donors (Lipinski definition) is 2. The molecule has 0 unspecified atom stereocenters. The Hall–Kier alpha value is -3.62. The van der Waals surface area contributed by atoms with Crippen LogP contribution in [0.4, 0.5) is 11.4 Å². The molecule has 0 radical (unpaired) electrons. The van der Waals surface area contributed by atoms with E-state index in [0.29, 0.717) is 27.8 Å². The molecule has 1 aliphatic heterocycles. The van der Waals surface area contributed by atoms with E-state index < -0.39 is 10.0 Å². The maximum atomic E-state index is 13.1. The normalized spacial score (nSPS) is 12.6. The second kappa shape index (κ2) is 7.81. The molecule has 9 heteroatoms. The number of ether oxygens (including phenoxy) is 1. The maximum absolute atomic E-state index is 13.1. The molecule has 7 nitrogen and oxygen atoms in total. The number of hydrogen-bond acceptors (Lipinski definition) is 5. The van der Waals surface area contributed by atoms with Crippen molar-refractivity contribution in [3.05, 3.63) is 89.2 Å². The molecule has 1 aliphatic rings. The smallest absolute Gasteiger partial charge is 0.262 e. The highest BCUT2D eigenvalue weighted by Gasteiger charge is 2.26. The fourth-order valence-corrected chi connectivity index (χ4v) is 5.11. The molecule has 2 heterocycles. The Morgan fingerprint density at radius 1 is 1.03 bits per heavy atom. The summed E-state index contributed by atoms with van der Waals surface area (Å²) in [6.07, 6.45) is 1.67. The number of halogens is 1. The van der Waals surface area contributed by atoms with Crippen molar-refractivity contribution >= 4 is 49.7 Å². The minimum atomic E-state index is -3.95. The Morgan fingerprint density at radius 3 is 2.69 bits per heavy atom. The van der Waals surface area contributed by atoms with E-state index in [2.05, 4.69) is 15.0 Å². The highest BCUT2D eigenvalue weighted by Crippen LogP contribution is 2.37. The fourth-order valence-electron chi connectivity index (χ4n) is 3.62. The number of pyridine rings is 1. The predicted octanol–water partition coefficient (Wildman–Crippen LogP) is 4.83. The third kappa shape index (κ3) is 3.63. The number of benzene rings is 3. The van der Waals surface area contributed by atoms with Gasteiger partial charge in [-0.05, 0) is 48.5 Å². The van der Waals surface area contributed by atoms with Gasteiger partial charge in [-0.1, -0.05) is 29.8 Å². The van der Waals surface area contributed by atoms with E-state index in [1.54, 1.807) is 42.6 Å². The maximum Gasteiger partial charge on any atom is 0.262 e. The third-order valence-corrected chi connectivity index (χ3v) is 6.80. The van der Waals surface area contributed by atoms with Crippen molar-refractivity contribution < 1.29 is 17.9 Å². The number of amides is 1. The monoisotopic (exact) mass is 465 g/mol. The van der Waals surface area contributed by atoms with Gasteiger partial charge in [-0.25, -0.2) is 8.42 Å². The number of rotatable bonds is 6. The van der Waals surface area contributed by atoms with E-state index in [1.165, 1.54) is 12.1 Å². The first-order valence-corrected chi connectivity index (χ1v) is 11.5. The molecule has 0 spiro atoms. The average Bonchev–Trinajstić information content (AvgIpc) is 3.11. The van der Waals surface area contributed by atoms with Gasteiger partial charge < -0.3 is 10.1 Å². The van der Waals surface area contributed by atoms with Gasteiger partial charge in [-0.2, -0.15) is 0 Å². The van der Waals surface area contributed by atoms with Gasteiger partial charge >= 0.3 is 0 Å². The zero-order valence-electron chi connectivity index (χ0n) is 16.5. The van der Waals surface area contributed by atoms with Gasteiger partial charge in [0.1, 0.15) is 12.4 Å². The molecule has 3 aromatic carbocycles. The molecule has 160 valence electrons. The highest BCUT2D eigenvalue weighted by atomic mass is 35.5. The zero-order chi connectivity index (χ0) is 22.3. The van der Waals surface area contributed by atoms with Crippen LogP contribution in [0, 0.1) is 0 Å². The second-order valence-corrected chi connectivity index (χ2v) is 9.21. The quantitative estimate of drug-likeness (QED) is 0.425. The van der Waals surface area contributed by atoms with Crippen LogP contribution in [0.5, 0.6) is 5.75 Å². The summed E-state index contributed by atoms with van der Waals surface area (Å²) < 4.78 is 34.5. The van der Waals surface area contributed by atoms with Crippen LogP contribution in [0.2, 0.25) is 5.02 Å². The molecule has 4 aromatic rings. The molecule has 1 amide bonds. The van der Waals surface area contributed by atoms with Crippen LogP contribution in [0.15, 0.2) is 77.8 Å². The van der Waals surface area contributed by atoms with Gasteiger partial charge in [0.15, 0.2) is 0 Å². The van der Waals surface area contributed by atoms with Crippen LogP contribution < -0.4 is 14.8 Å². The van der Waals surface area contributed by atoms with Gasteiger partial charge in [-0.3, -0.25) is 14.5 Å². The summed E-state index contributed by atoms with van der Waals surface area (Å²) in [5, 5.41) is 4.07. The van der Waals surface area contributed by atoms with Gasteiger partial charge in [0, 0.05) is 28.2 Å². The first-order chi connectivity index (χ1) is 15.4. The lowest BCUT2D eigenvalue weighted by atomic mass is 10.1. The van der Waals surface area contributed by atoms with E-state index in [-0.39, 0.29) is 28.1 Å². The van der Waals surface area contributed by atoms with Crippen molar-refractivity contribution in [3.8, 4) is 5.75 Å². The third-order valence-electron chi connectivity index (χ3n) is 5.07. The first-order valence-electron chi connectivity index (χ1n) is 9.64. The van der Waals surface area contributed by atoms with E-state index in [0.717, 1.165) is 5.69 Å². The number of anilines is 2. The van der Waals surface area contributed by atoms with E-state index in [4.69, 9.17) is 16.3 Å². The van der Waals surface area contributed by atoms with Gasteiger partial charge in [-0.15, -0.1) is 0 Å². The largest absolute Gasteiger partial charge is 0.486 e. The van der Waals surface area contributed by atoms with Crippen LogP contribution in [0.3, 0.4) is 0 Å². The van der Waals surface area contributed by atoms with Crippen LogP contribution in [0.1, 0.15) is 16.1 Å². The molecule has 5 rings (SSSR count). The van der Waals surface area contributed by atoms with Crippen molar-refractivity contribution in [2.45, 2.75) is 11.5 Å². The van der Waals surface area contributed by atoms with Crippen LogP contribution >= 0.6 is 11.6 Å². The highest BCUT2D eigenvalue weighted by molar-refractivity contribution is 7.93. The Kier molecular flexibility index (Phi) is 4.96. The summed E-state index contributed by atoms with van der Waals surface area (Å²) in [5.74, 6) is 0.163. The molecule has 32 heavy (non-hydrogen) atoms. The van der Waals surface area contributed by atoms with Gasteiger partial charge in [0.2, 0.25) is 0 Å². The topological polar surface area (TPSA) is 97.4 Å². The standard InChI is InChI=1S/C23H16ClN3O4S/c24-18-12-14(7-9-20(18)31-13-15-4-1-2-11-25-15)27-32(29,30)21-10-8-19-22-16(21)5-3-6-17(22)23(28)26-19/h1-12,27H,13H2,(H,26,28). The number of sulfonamides is 1. The van der Waals surface area contributed by atoms with Gasteiger partial charge in [0.25, 0.3) is 15.9 Å². The van der Waals surface area contributed by atoms with Crippen molar-refractivity contribution in [2.24, 2.45) is 0 Å². The van der Waals surface area contributed by atoms with Crippen LogP contribution in [-0.4, -0.2) is 19.3 Å². The lowest BCUT2D eigenvalue weighted by molar-refractivity contribution is 0.103. The van der Waals surface area contributed by atoms with Crippen LogP contribution in [0.25, 0.3) is 10.8 Å². The van der Waals surface area contributed by atoms with Crippen molar-refractivity contribution in [3.63, 3.8) is 0 Å². The number of aromatic nitrogens is 1. The second-order valence-electron chi connectivity index (χ2n) is 7.15. The molecule has 0 bridgehead atoms. The van der Waals surface area contributed by atoms with E-state index >= 15 is 0 Å². The minimum Gasteiger partial charge on any atom is -0.486 e. The molecule has 1 aromatic heterocycles. The Balaban J connectivity index is 1.41. The summed E-state index contributed by atoms with van der Waals surface area (Å²) in [7, 11) is -3.95. The summed E-state index contributed by atoms with van der Waals surface area (Å²) in [6.45, 7) is 0.235. The number of nitrogens with zero attached hydrogens (tertiary/aromatic N) is 1. The lowest BCUT2D eigenvalue weighted by Gasteiger charge is -2.13. The summed E-state index contributed by atoms with van der Waals surface area (Å²) in [5.41, 5.74) is 2.08. The number of carbonyl (C=O) groups is 1. The molecule has 2 N–H and O–H groups in total. The summed E-state index contributed by atoms with van der Waals surface area (Å²) in [4.78, 5) is 16.4.